The number of carbonyl (C=O) groups excluding carboxylic acids is 1. The highest BCUT2D eigenvalue weighted by Crippen LogP contribution is 2.44. The van der Waals surface area contributed by atoms with Crippen LogP contribution < -0.4 is 0 Å². The van der Waals surface area contributed by atoms with Crippen molar-refractivity contribution in [1.82, 2.24) is 0 Å². The second-order valence-corrected chi connectivity index (χ2v) is 8.67. The van der Waals surface area contributed by atoms with Crippen molar-refractivity contribution in [2.24, 2.45) is 5.92 Å². The average Bonchev–Trinajstić information content (AvgIpc) is 3.08. The fraction of sp³-hybridized carbons (Fsp3) is 0.640. The molecule has 2 rings (SSSR count). The number of methoxy groups -OCH3 is 1. The first-order chi connectivity index (χ1) is 13.7. The third-order valence-corrected chi connectivity index (χ3v) is 6.47. The first-order valence-electron chi connectivity index (χ1n) is 11.1. The Bertz CT molecular complexity index is 593. The number of hydrogen-bond donors (Lipinski definition) is 0. The first kappa shape index (κ1) is 23.0. The first-order valence-corrected chi connectivity index (χ1v) is 11.5. The van der Waals surface area contributed by atoms with Gasteiger partial charge in [0.2, 0.25) is 0 Å². The molecule has 3 heteroatoms. The van der Waals surface area contributed by atoms with Gasteiger partial charge in [-0.2, -0.15) is 0 Å². The van der Waals surface area contributed by atoms with E-state index < -0.39 is 0 Å². The molecule has 156 valence electrons. The summed E-state index contributed by atoms with van der Waals surface area (Å²) in [6, 6.07) is 9.24. The Morgan fingerprint density at radius 1 is 1.11 bits per heavy atom. The molecule has 1 aliphatic rings. The van der Waals surface area contributed by atoms with Crippen molar-refractivity contribution < 1.29 is 9.53 Å². The zero-order valence-corrected chi connectivity index (χ0v) is 18.4. The minimum atomic E-state index is -0.122. The summed E-state index contributed by atoms with van der Waals surface area (Å²) in [5.74, 6) is 0.952. The van der Waals surface area contributed by atoms with E-state index in [1.807, 2.05) is 0 Å². The predicted molar refractivity (Wildman–Crippen MR) is 119 cm³/mol. The molecular formula is C25H37ClO2. The summed E-state index contributed by atoms with van der Waals surface area (Å²) in [6.45, 7) is 2.26. The molecular weight excluding hydrogens is 368 g/mol. The second kappa shape index (κ2) is 13.0. The van der Waals surface area contributed by atoms with Crippen LogP contribution in [0.5, 0.6) is 0 Å². The fourth-order valence-electron chi connectivity index (χ4n) is 4.29. The fourth-order valence-corrected chi connectivity index (χ4v) is 4.77. The smallest absolute Gasteiger partial charge is 0.305 e. The van der Waals surface area contributed by atoms with Crippen LogP contribution in [0.1, 0.15) is 88.2 Å². The molecule has 0 spiro atoms. The number of rotatable bonds is 12. The van der Waals surface area contributed by atoms with Crippen molar-refractivity contribution in [3.63, 3.8) is 0 Å². The summed E-state index contributed by atoms with van der Waals surface area (Å²) < 4.78 is 4.68. The number of ether oxygens (including phenoxy) is 1. The van der Waals surface area contributed by atoms with E-state index in [1.165, 1.54) is 56.8 Å². The Labute approximate surface area is 176 Å². The number of carbonyl (C=O) groups is 1. The molecule has 1 saturated carbocycles. The lowest BCUT2D eigenvalue weighted by atomic mass is 9.86. The molecule has 1 aromatic carbocycles. The summed E-state index contributed by atoms with van der Waals surface area (Å²) in [4.78, 5) is 11.1. The molecule has 1 unspecified atom stereocenters. The van der Waals surface area contributed by atoms with Crippen molar-refractivity contribution in [2.75, 3.05) is 7.11 Å². The van der Waals surface area contributed by atoms with Crippen LogP contribution in [-0.4, -0.2) is 18.5 Å². The van der Waals surface area contributed by atoms with Crippen molar-refractivity contribution >= 4 is 17.6 Å². The van der Waals surface area contributed by atoms with Gasteiger partial charge in [0.05, 0.1) is 7.11 Å². The minimum absolute atomic E-state index is 0.122. The highest BCUT2D eigenvalue weighted by molar-refractivity contribution is 6.21. The van der Waals surface area contributed by atoms with Crippen LogP contribution in [0, 0.1) is 5.92 Å². The molecule has 3 atom stereocenters. The van der Waals surface area contributed by atoms with E-state index in [1.54, 1.807) is 0 Å². The van der Waals surface area contributed by atoms with Crippen LogP contribution in [0.4, 0.5) is 0 Å². The van der Waals surface area contributed by atoms with Gasteiger partial charge in [0, 0.05) is 17.7 Å². The van der Waals surface area contributed by atoms with E-state index in [0.717, 1.165) is 25.7 Å². The summed E-state index contributed by atoms with van der Waals surface area (Å²) >= 11 is 6.70. The standard InChI is InChI=1S/C25H37ClO2/c1-3-4-5-8-11-20-14-16-22(17-15-20)25-21(18-19-23(25)26)12-9-6-7-10-13-24(27)28-2/h6,9,14-17,21,23,25H,3-5,7-8,10-13,18-19H2,1-2H3/b9-6-/t21-,23-,25?/m0/s1. The molecule has 0 aromatic heterocycles. The van der Waals surface area contributed by atoms with E-state index in [0.29, 0.717) is 18.3 Å². The van der Waals surface area contributed by atoms with Crippen molar-refractivity contribution in [1.29, 1.82) is 0 Å². The molecule has 0 N–H and O–H groups in total. The molecule has 1 fully saturated rings. The van der Waals surface area contributed by atoms with Gasteiger partial charge in [0.25, 0.3) is 0 Å². The average molecular weight is 405 g/mol. The summed E-state index contributed by atoms with van der Waals surface area (Å²) in [7, 11) is 1.44. The number of alkyl halides is 1. The molecule has 2 nitrogen and oxygen atoms in total. The van der Waals surface area contributed by atoms with Gasteiger partial charge in [-0.05, 0) is 62.0 Å². The van der Waals surface area contributed by atoms with Gasteiger partial charge in [-0.25, -0.2) is 0 Å². The van der Waals surface area contributed by atoms with Crippen LogP contribution in [0.15, 0.2) is 36.4 Å². The highest BCUT2D eigenvalue weighted by Gasteiger charge is 2.35. The largest absolute Gasteiger partial charge is 0.469 e. The number of aryl methyl sites for hydroxylation is 1. The van der Waals surface area contributed by atoms with Crippen LogP contribution >= 0.6 is 11.6 Å². The number of halogens is 1. The maximum Gasteiger partial charge on any atom is 0.305 e. The van der Waals surface area contributed by atoms with Gasteiger partial charge in [0.15, 0.2) is 0 Å². The van der Waals surface area contributed by atoms with E-state index in [9.17, 15) is 4.79 Å². The van der Waals surface area contributed by atoms with Crippen molar-refractivity contribution in [3.8, 4) is 0 Å². The van der Waals surface area contributed by atoms with Gasteiger partial charge >= 0.3 is 5.97 Å². The molecule has 28 heavy (non-hydrogen) atoms. The van der Waals surface area contributed by atoms with Gasteiger partial charge < -0.3 is 4.74 Å². The maximum atomic E-state index is 11.1. The lowest BCUT2D eigenvalue weighted by molar-refractivity contribution is -0.140. The van der Waals surface area contributed by atoms with Gasteiger partial charge in [-0.3, -0.25) is 4.79 Å². The summed E-state index contributed by atoms with van der Waals surface area (Å²) in [5.41, 5.74) is 2.85. The van der Waals surface area contributed by atoms with Crippen LogP contribution in [0.2, 0.25) is 0 Å². The van der Waals surface area contributed by atoms with E-state index >= 15 is 0 Å². The Kier molecular flexibility index (Phi) is 10.7. The summed E-state index contributed by atoms with van der Waals surface area (Å²) in [6.07, 6.45) is 16.6. The predicted octanol–water partition coefficient (Wildman–Crippen LogP) is 7.20. The SMILES string of the molecule is CCCCCCc1ccc(C2[C@@H](C/C=C\CCCC(=O)OC)CC[C@@H]2Cl)cc1. The maximum absolute atomic E-state index is 11.1. The third kappa shape index (κ3) is 7.62. The normalized spacial score (nSPS) is 22.0. The summed E-state index contributed by atoms with van der Waals surface area (Å²) in [5, 5.41) is 0.244. The topological polar surface area (TPSA) is 26.3 Å². The molecule has 0 saturated heterocycles. The number of esters is 1. The quantitative estimate of drug-likeness (QED) is 0.159. The molecule has 0 aliphatic heterocycles. The van der Waals surface area contributed by atoms with Gasteiger partial charge in [0.1, 0.15) is 0 Å². The molecule has 1 aliphatic carbocycles. The van der Waals surface area contributed by atoms with Crippen LogP contribution in [0.25, 0.3) is 0 Å². The lowest BCUT2D eigenvalue weighted by Gasteiger charge is -2.22. The molecule has 0 heterocycles. The van der Waals surface area contributed by atoms with Crippen LogP contribution in [-0.2, 0) is 16.0 Å². The van der Waals surface area contributed by atoms with Crippen molar-refractivity contribution in [2.45, 2.75) is 88.8 Å². The molecule has 0 amide bonds. The lowest BCUT2D eigenvalue weighted by Crippen LogP contribution is -2.12. The second-order valence-electron chi connectivity index (χ2n) is 8.11. The molecule has 0 radical (unpaired) electrons. The van der Waals surface area contributed by atoms with Gasteiger partial charge in [-0.15, -0.1) is 11.6 Å². The Balaban J connectivity index is 1.82. The zero-order valence-electron chi connectivity index (χ0n) is 17.7. The van der Waals surface area contributed by atoms with E-state index in [4.69, 9.17) is 11.6 Å². The minimum Gasteiger partial charge on any atom is -0.469 e. The monoisotopic (exact) mass is 404 g/mol. The Hall–Kier alpha value is -1.28. The molecule has 1 aromatic rings. The number of hydrogen-bond acceptors (Lipinski definition) is 2. The van der Waals surface area contributed by atoms with E-state index in [-0.39, 0.29) is 11.3 Å². The Morgan fingerprint density at radius 2 is 1.89 bits per heavy atom. The number of benzene rings is 1. The molecule has 0 bridgehead atoms. The van der Waals surface area contributed by atoms with Crippen molar-refractivity contribution in [3.05, 3.63) is 47.5 Å². The highest BCUT2D eigenvalue weighted by atomic mass is 35.5. The Morgan fingerprint density at radius 3 is 2.61 bits per heavy atom. The number of unbranched alkanes of at least 4 members (excludes halogenated alkanes) is 4. The number of allylic oxidation sites excluding steroid dienone is 2. The van der Waals surface area contributed by atoms with Crippen LogP contribution in [0.3, 0.4) is 0 Å². The third-order valence-electron chi connectivity index (χ3n) is 5.98. The zero-order chi connectivity index (χ0) is 20.2. The van der Waals surface area contributed by atoms with Gasteiger partial charge in [-0.1, -0.05) is 62.6 Å². The van der Waals surface area contributed by atoms with E-state index in [2.05, 4.69) is 48.1 Å².